The Hall–Kier alpha value is -1.06. The minimum atomic E-state index is 0.690. The Labute approximate surface area is 97.0 Å². The highest BCUT2D eigenvalue weighted by Crippen LogP contribution is 2.13. The lowest BCUT2D eigenvalue weighted by Crippen LogP contribution is -2.22. The fraction of sp³-hybridized carbons (Fsp3) is 0.538. The second kappa shape index (κ2) is 5.32. The van der Waals surface area contributed by atoms with Crippen LogP contribution in [0.3, 0.4) is 0 Å². The van der Waals surface area contributed by atoms with E-state index < -0.39 is 0 Å². The number of nitrogens with two attached hydrogens (primary N) is 1. The molecule has 0 spiro atoms. The molecule has 1 fully saturated rings. The summed E-state index contributed by atoms with van der Waals surface area (Å²) in [5.41, 5.74) is 9.10. The summed E-state index contributed by atoms with van der Waals surface area (Å²) >= 11 is 0. The fourth-order valence-electron chi connectivity index (χ4n) is 2.01. The molecule has 3 nitrogen and oxygen atoms in total. The molecule has 3 heteroatoms. The van der Waals surface area contributed by atoms with E-state index in [1.807, 2.05) is 13.0 Å². The predicted octanol–water partition coefficient (Wildman–Crippen LogP) is 1.70. The monoisotopic (exact) mass is 220 g/mol. The number of benzene rings is 1. The van der Waals surface area contributed by atoms with Crippen LogP contribution in [0.4, 0.5) is 5.69 Å². The number of hydrogen-bond donors (Lipinski definition) is 2. The van der Waals surface area contributed by atoms with Gasteiger partial charge in [0.2, 0.25) is 0 Å². The summed E-state index contributed by atoms with van der Waals surface area (Å²) in [4.78, 5) is 0. The van der Waals surface area contributed by atoms with Gasteiger partial charge in [-0.3, -0.25) is 0 Å². The highest BCUT2D eigenvalue weighted by molar-refractivity contribution is 5.47. The molecule has 0 aromatic heterocycles. The summed E-state index contributed by atoms with van der Waals surface area (Å²) in [7, 11) is 0. The van der Waals surface area contributed by atoms with Crippen LogP contribution in [0.15, 0.2) is 18.2 Å². The molecule has 0 saturated carbocycles. The minimum absolute atomic E-state index is 0.690. The fourth-order valence-corrected chi connectivity index (χ4v) is 2.01. The van der Waals surface area contributed by atoms with Gasteiger partial charge in [-0.1, -0.05) is 12.1 Å². The van der Waals surface area contributed by atoms with E-state index in [-0.39, 0.29) is 0 Å². The van der Waals surface area contributed by atoms with E-state index in [0.29, 0.717) is 5.92 Å². The van der Waals surface area contributed by atoms with E-state index in [1.54, 1.807) is 0 Å². The summed E-state index contributed by atoms with van der Waals surface area (Å²) < 4.78 is 5.34. The highest BCUT2D eigenvalue weighted by Gasteiger charge is 2.14. The quantitative estimate of drug-likeness (QED) is 0.759. The third kappa shape index (κ3) is 2.97. The summed E-state index contributed by atoms with van der Waals surface area (Å²) in [6, 6.07) is 6.21. The van der Waals surface area contributed by atoms with E-state index >= 15 is 0 Å². The maximum absolute atomic E-state index is 5.78. The van der Waals surface area contributed by atoms with E-state index in [9.17, 15) is 0 Å². The zero-order valence-electron chi connectivity index (χ0n) is 9.83. The maximum atomic E-state index is 5.78. The van der Waals surface area contributed by atoms with Gasteiger partial charge in [0.25, 0.3) is 0 Å². The van der Waals surface area contributed by atoms with E-state index in [4.69, 9.17) is 10.5 Å². The topological polar surface area (TPSA) is 47.3 Å². The van der Waals surface area contributed by atoms with Gasteiger partial charge in [0.15, 0.2) is 0 Å². The summed E-state index contributed by atoms with van der Waals surface area (Å²) in [5.74, 6) is 0.690. The predicted molar refractivity (Wildman–Crippen MR) is 66.2 cm³/mol. The molecule has 2 rings (SSSR count). The second-order valence-electron chi connectivity index (χ2n) is 4.55. The molecule has 0 amide bonds. The van der Waals surface area contributed by atoms with Crippen molar-refractivity contribution in [2.75, 3.05) is 25.5 Å². The summed E-state index contributed by atoms with van der Waals surface area (Å²) in [6.07, 6.45) is 1.19. The molecular weight excluding hydrogens is 200 g/mol. The molecule has 1 aromatic carbocycles. The SMILES string of the molecule is Cc1cc(CNCC2CCOC2)ccc1N. The van der Waals surface area contributed by atoms with Crippen molar-refractivity contribution in [1.82, 2.24) is 5.32 Å². The maximum Gasteiger partial charge on any atom is 0.0507 e. The number of nitrogen functional groups attached to an aromatic ring is 1. The molecule has 0 bridgehead atoms. The van der Waals surface area contributed by atoms with Crippen LogP contribution in [0.5, 0.6) is 0 Å². The molecule has 0 radical (unpaired) electrons. The Bertz CT molecular complexity index is 346. The lowest BCUT2D eigenvalue weighted by molar-refractivity contribution is 0.185. The molecule has 1 unspecified atom stereocenters. The standard InChI is InChI=1S/C13H20N2O/c1-10-6-11(2-3-13(10)14)7-15-8-12-4-5-16-9-12/h2-3,6,12,15H,4-5,7-9,14H2,1H3. The summed E-state index contributed by atoms with van der Waals surface area (Å²) in [5, 5.41) is 3.47. The third-order valence-electron chi connectivity index (χ3n) is 3.12. The summed E-state index contributed by atoms with van der Waals surface area (Å²) in [6.45, 7) is 5.84. The molecule has 1 heterocycles. The number of hydrogen-bond acceptors (Lipinski definition) is 3. The molecule has 1 saturated heterocycles. The van der Waals surface area contributed by atoms with Crippen molar-refractivity contribution in [3.8, 4) is 0 Å². The number of anilines is 1. The number of nitrogens with one attached hydrogen (secondary N) is 1. The van der Waals surface area contributed by atoms with Crippen molar-refractivity contribution >= 4 is 5.69 Å². The molecule has 1 atom stereocenters. The number of aryl methyl sites for hydroxylation is 1. The smallest absolute Gasteiger partial charge is 0.0507 e. The van der Waals surface area contributed by atoms with Crippen LogP contribution in [0.2, 0.25) is 0 Å². The van der Waals surface area contributed by atoms with Gasteiger partial charge >= 0.3 is 0 Å². The normalized spacial score (nSPS) is 20.2. The Morgan fingerprint density at radius 1 is 1.50 bits per heavy atom. The number of ether oxygens (including phenoxy) is 1. The Morgan fingerprint density at radius 2 is 2.38 bits per heavy atom. The molecule has 0 aliphatic carbocycles. The first-order valence-corrected chi connectivity index (χ1v) is 5.89. The average molecular weight is 220 g/mol. The van der Waals surface area contributed by atoms with Crippen molar-refractivity contribution in [2.24, 2.45) is 5.92 Å². The van der Waals surface area contributed by atoms with Gasteiger partial charge in [-0.2, -0.15) is 0 Å². The first-order valence-electron chi connectivity index (χ1n) is 5.89. The Kier molecular flexibility index (Phi) is 3.80. The first kappa shape index (κ1) is 11.4. The van der Waals surface area contributed by atoms with Crippen molar-refractivity contribution < 1.29 is 4.74 Å². The van der Waals surface area contributed by atoms with Crippen molar-refractivity contribution in [3.05, 3.63) is 29.3 Å². The Morgan fingerprint density at radius 3 is 3.06 bits per heavy atom. The molecular formula is C13H20N2O. The lowest BCUT2D eigenvalue weighted by Gasteiger charge is -2.10. The van der Waals surface area contributed by atoms with Gasteiger partial charge in [0, 0.05) is 25.4 Å². The van der Waals surface area contributed by atoms with Gasteiger partial charge in [-0.15, -0.1) is 0 Å². The van der Waals surface area contributed by atoms with Crippen LogP contribution in [-0.4, -0.2) is 19.8 Å². The van der Waals surface area contributed by atoms with Crippen molar-refractivity contribution in [2.45, 2.75) is 19.9 Å². The lowest BCUT2D eigenvalue weighted by atomic mass is 10.1. The molecule has 3 N–H and O–H groups in total. The van der Waals surface area contributed by atoms with E-state index in [2.05, 4.69) is 17.4 Å². The third-order valence-corrected chi connectivity index (χ3v) is 3.12. The van der Waals surface area contributed by atoms with Gasteiger partial charge in [-0.05, 0) is 36.5 Å². The zero-order chi connectivity index (χ0) is 11.4. The van der Waals surface area contributed by atoms with E-state index in [1.165, 1.54) is 12.0 Å². The van der Waals surface area contributed by atoms with Crippen LogP contribution >= 0.6 is 0 Å². The van der Waals surface area contributed by atoms with Crippen LogP contribution < -0.4 is 11.1 Å². The van der Waals surface area contributed by atoms with Gasteiger partial charge in [-0.25, -0.2) is 0 Å². The van der Waals surface area contributed by atoms with Gasteiger partial charge in [0.05, 0.1) is 6.61 Å². The van der Waals surface area contributed by atoms with E-state index in [0.717, 1.165) is 37.6 Å². The Balaban J connectivity index is 1.78. The van der Waals surface area contributed by atoms with Gasteiger partial charge in [0.1, 0.15) is 0 Å². The largest absolute Gasteiger partial charge is 0.399 e. The number of rotatable bonds is 4. The molecule has 16 heavy (non-hydrogen) atoms. The minimum Gasteiger partial charge on any atom is -0.399 e. The van der Waals surface area contributed by atoms with Crippen molar-refractivity contribution in [3.63, 3.8) is 0 Å². The van der Waals surface area contributed by atoms with Crippen molar-refractivity contribution in [1.29, 1.82) is 0 Å². The zero-order valence-corrected chi connectivity index (χ0v) is 9.83. The molecule has 1 aliphatic heterocycles. The van der Waals surface area contributed by atoms with Crippen LogP contribution in [0, 0.1) is 12.8 Å². The second-order valence-corrected chi connectivity index (χ2v) is 4.55. The van der Waals surface area contributed by atoms with Crippen LogP contribution in [0.1, 0.15) is 17.5 Å². The molecule has 88 valence electrons. The molecule has 1 aromatic rings. The van der Waals surface area contributed by atoms with Crippen LogP contribution in [-0.2, 0) is 11.3 Å². The highest BCUT2D eigenvalue weighted by atomic mass is 16.5. The van der Waals surface area contributed by atoms with Crippen LogP contribution in [0.25, 0.3) is 0 Å². The first-order chi connectivity index (χ1) is 7.75. The van der Waals surface area contributed by atoms with Gasteiger partial charge < -0.3 is 15.8 Å². The molecule has 1 aliphatic rings. The average Bonchev–Trinajstić information content (AvgIpc) is 2.76.